The lowest BCUT2D eigenvalue weighted by atomic mass is 10.1. The van der Waals surface area contributed by atoms with Crippen molar-refractivity contribution < 1.29 is 22.7 Å². The Morgan fingerprint density at radius 2 is 1.61 bits per heavy atom. The summed E-state index contributed by atoms with van der Waals surface area (Å²) < 4.78 is 31.5. The van der Waals surface area contributed by atoms with Gasteiger partial charge in [-0.05, 0) is 37.3 Å². The Morgan fingerprint density at radius 3 is 2.21 bits per heavy atom. The summed E-state index contributed by atoms with van der Waals surface area (Å²) in [5.41, 5.74) is 1.85. The summed E-state index contributed by atoms with van der Waals surface area (Å²) in [5.74, 6) is -1.49. The van der Waals surface area contributed by atoms with Crippen LogP contribution in [0.3, 0.4) is 0 Å². The van der Waals surface area contributed by atoms with E-state index in [9.17, 15) is 18.0 Å². The summed E-state index contributed by atoms with van der Waals surface area (Å²) in [5, 5.41) is 2.74. The highest BCUT2D eigenvalue weighted by Gasteiger charge is 2.28. The van der Waals surface area contributed by atoms with Crippen LogP contribution < -0.4 is 5.32 Å². The number of amides is 1. The van der Waals surface area contributed by atoms with E-state index in [-0.39, 0.29) is 15.5 Å². The number of hydrogen-bond acceptors (Lipinski definition) is 5. The van der Waals surface area contributed by atoms with Gasteiger partial charge in [0.05, 0.1) is 15.5 Å². The molecule has 0 fully saturated rings. The second-order valence-electron chi connectivity index (χ2n) is 7.48. The zero-order valence-electron chi connectivity index (χ0n) is 18.3. The van der Waals surface area contributed by atoms with Gasteiger partial charge >= 0.3 is 5.97 Å². The molecule has 0 saturated heterocycles. The summed E-state index contributed by atoms with van der Waals surface area (Å²) in [7, 11) is -1.05. The predicted molar refractivity (Wildman–Crippen MR) is 127 cm³/mol. The molecule has 0 aliphatic carbocycles. The SMILES string of the molecule is Cc1ccc(NC(=O)C(OC(=O)c2cc(S(=O)(=O)N(C)C)ccc2Cl)c2ccccc2)cc1. The highest BCUT2D eigenvalue weighted by molar-refractivity contribution is 7.89. The average Bonchev–Trinajstić information content (AvgIpc) is 2.79. The number of aryl methyl sites for hydroxylation is 1. The van der Waals surface area contributed by atoms with Crippen LogP contribution in [-0.2, 0) is 19.6 Å². The molecule has 1 N–H and O–H groups in total. The number of nitrogens with zero attached hydrogens (tertiary/aromatic N) is 1. The molecular formula is C24H23ClN2O5S. The van der Waals surface area contributed by atoms with Gasteiger partial charge in [-0.1, -0.05) is 59.6 Å². The smallest absolute Gasteiger partial charge is 0.340 e. The van der Waals surface area contributed by atoms with Crippen molar-refractivity contribution in [2.45, 2.75) is 17.9 Å². The number of nitrogens with one attached hydrogen (secondary N) is 1. The number of sulfonamides is 1. The van der Waals surface area contributed by atoms with E-state index in [2.05, 4.69) is 5.32 Å². The molecule has 0 spiro atoms. The van der Waals surface area contributed by atoms with Crippen molar-refractivity contribution >= 4 is 39.2 Å². The van der Waals surface area contributed by atoms with Gasteiger partial charge in [-0.25, -0.2) is 17.5 Å². The second-order valence-corrected chi connectivity index (χ2v) is 10.0. The topological polar surface area (TPSA) is 92.8 Å². The number of ether oxygens (including phenoxy) is 1. The van der Waals surface area contributed by atoms with Crippen LogP contribution in [0.15, 0.2) is 77.7 Å². The minimum atomic E-state index is -3.80. The lowest BCUT2D eigenvalue weighted by molar-refractivity contribution is -0.125. The van der Waals surface area contributed by atoms with Crippen molar-refractivity contribution in [3.8, 4) is 0 Å². The van der Waals surface area contributed by atoms with Crippen LogP contribution in [0.5, 0.6) is 0 Å². The fourth-order valence-corrected chi connectivity index (χ4v) is 4.07. The summed E-state index contributed by atoms with van der Waals surface area (Å²) in [6.07, 6.45) is -1.29. The Balaban J connectivity index is 1.92. The van der Waals surface area contributed by atoms with Crippen LogP contribution in [0.2, 0.25) is 5.02 Å². The molecule has 1 unspecified atom stereocenters. The second kappa shape index (κ2) is 10.2. The maximum Gasteiger partial charge on any atom is 0.340 e. The van der Waals surface area contributed by atoms with Gasteiger partial charge in [0.25, 0.3) is 5.91 Å². The molecule has 0 saturated carbocycles. The normalized spacial score (nSPS) is 12.3. The first-order valence-electron chi connectivity index (χ1n) is 9.95. The third kappa shape index (κ3) is 5.78. The van der Waals surface area contributed by atoms with E-state index < -0.39 is 28.0 Å². The molecule has 172 valence electrons. The minimum Gasteiger partial charge on any atom is -0.444 e. The number of benzene rings is 3. The van der Waals surface area contributed by atoms with Gasteiger partial charge in [-0.15, -0.1) is 0 Å². The highest BCUT2D eigenvalue weighted by atomic mass is 35.5. The van der Waals surface area contributed by atoms with Crippen LogP contribution in [0, 0.1) is 6.92 Å². The molecule has 3 rings (SSSR count). The number of halogens is 1. The Labute approximate surface area is 198 Å². The molecule has 3 aromatic rings. The highest BCUT2D eigenvalue weighted by Crippen LogP contribution is 2.27. The van der Waals surface area contributed by atoms with Crippen molar-refractivity contribution in [3.63, 3.8) is 0 Å². The third-order valence-corrected chi connectivity index (χ3v) is 6.96. The number of carbonyl (C=O) groups excluding carboxylic acids is 2. The number of carbonyl (C=O) groups is 2. The van der Waals surface area contributed by atoms with Crippen LogP contribution in [-0.4, -0.2) is 38.7 Å². The van der Waals surface area contributed by atoms with Crippen LogP contribution in [0.4, 0.5) is 5.69 Å². The molecule has 0 aromatic heterocycles. The van der Waals surface area contributed by atoms with Crippen molar-refractivity contribution in [2.75, 3.05) is 19.4 Å². The molecule has 33 heavy (non-hydrogen) atoms. The van der Waals surface area contributed by atoms with Crippen LogP contribution >= 0.6 is 11.6 Å². The number of esters is 1. The summed E-state index contributed by atoms with van der Waals surface area (Å²) in [6.45, 7) is 1.93. The molecule has 3 aromatic carbocycles. The Morgan fingerprint density at radius 1 is 0.970 bits per heavy atom. The van der Waals surface area contributed by atoms with Crippen LogP contribution in [0.1, 0.15) is 27.6 Å². The first-order valence-corrected chi connectivity index (χ1v) is 11.8. The van der Waals surface area contributed by atoms with Crippen molar-refractivity contribution in [1.82, 2.24) is 4.31 Å². The Kier molecular flexibility index (Phi) is 7.53. The van der Waals surface area contributed by atoms with E-state index in [4.69, 9.17) is 16.3 Å². The molecule has 0 heterocycles. The van der Waals surface area contributed by atoms with E-state index in [0.29, 0.717) is 11.3 Å². The van der Waals surface area contributed by atoms with E-state index in [0.717, 1.165) is 15.9 Å². The Bertz CT molecular complexity index is 1260. The van der Waals surface area contributed by atoms with E-state index >= 15 is 0 Å². The average molecular weight is 487 g/mol. The fourth-order valence-electron chi connectivity index (χ4n) is 2.95. The summed E-state index contributed by atoms with van der Waals surface area (Å²) in [6, 6.07) is 19.4. The fraction of sp³-hybridized carbons (Fsp3) is 0.167. The largest absolute Gasteiger partial charge is 0.444 e. The number of rotatable bonds is 7. The molecule has 0 bridgehead atoms. The van der Waals surface area contributed by atoms with Gasteiger partial charge < -0.3 is 10.1 Å². The zero-order chi connectivity index (χ0) is 24.2. The van der Waals surface area contributed by atoms with Gasteiger partial charge in [0, 0.05) is 25.3 Å². The third-order valence-electron chi connectivity index (χ3n) is 4.82. The molecule has 0 radical (unpaired) electrons. The molecular weight excluding hydrogens is 464 g/mol. The maximum absolute atomic E-state index is 13.0. The van der Waals surface area contributed by atoms with Crippen LogP contribution in [0.25, 0.3) is 0 Å². The first-order chi connectivity index (χ1) is 15.6. The van der Waals surface area contributed by atoms with Crippen molar-refractivity contribution in [1.29, 1.82) is 0 Å². The number of anilines is 1. The quantitative estimate of drug-likeness (QED) is 0.498. The minimum absolute atomic E-state index is 0.00320. The van der Waals surface area contributed by atoms with E-state index in [1.165, 1.54) is 26.2 Å². The van der Waals surface area contributed by atoms with Crippen molar-refractivity contribution in [3.05, 3.63) is 94.5 Å². The summed E-state index contributed by atoms with van der Waals surface area (Å²) >= 11 is 6.16. The van der Waals surface area contributed by atoms with Gasteiger partial charge in [0.15, 0.2) is 0 Å². The maximum atomic E-state index is 13.0. The van der Waals surface area contributed by atoms with Crippen molar-refractivity contribution in [2.24, 2.45) is 0 Å². The Hall–Kier alpha value is -3.20. The number of hydrogen-bond donors (Lipinski definition) is 1. The lowest BCUT2D eigenvalue weighted by Gasteiger charge is -2.19. The molecule has 0 aliphatic heterocycles. The predicted octanol–water partition coefficient (Wildman–Crippen LogP) is 4.44. The standard InChI is InChI=1S/C24H23ClN2O5S/c1-16-9-11-18(12-10-16)26-23(28)22(17-7-5-4-6-8-17)32-24(29)20-15-19(13-14-21(20)25)33(30,31)27(2)3/h4-15,22H,1-3H3,(H,26,28). The van der Waals surface area contributed by atoms with Gasteiger partial charge in [-0.2, -0.15) is 0 Å². The van der Waals surface area contributed by atoms with E-state index in [1.807, 2.05) is 19.1 Å². The molecule has 7 nitrogen and oxygen atoms in total. The zero-order valence-corrected chi connectivity index (χ0v) is 19.9. The molecule has 9 heteroatoms. The summed E-state index contributed by atoms with van der Waals surface area (Å²) in [4.78, 5) is 25.9. The molecule has 1 atom stereocenters. The van der Waals surface area contributed by atoms with Gasteiger partial charge in [0.2, 0.25) is 16.1 Å². The van der Waals surface area contributed by atoms with Gasteiger partial charge in [0.1, 0.15) is 0 Å². The molecule has 1 amide bonds. The lowest BCUT2D eigenvalue weighted by Crippen LogP contribution is -2.26. The first kappa shape index (κ1) is 24.4. The monoisotopic (exact) mass is 486 g/mol. The molecule has 0 aliphatic rings. The van der Waals surface area contributed by atoms with E-state index in [1.54, 1.807) is 42.5 Å². The van der Waals surface area contributed by atoms with Gasteiger partial charge in [-0.3, -0.25) is 4.79 Å².